The standard InChI is InChI=1S/C24H22O4/c1-3-27-24(26)21(17(2)25)15-22-20-12-8-7-11-19(20)13-14-23(22)28-16-18-9-5-4-6-10-18/h4-15H,3,16H2,1-2H3/b21-15-. The summed E-state index contributed by atoms with van der Waals surface area (Å²) in [6.45, 7) is 3.66. The first-order valence-corrected chi connectivity index (χ1v) is 9.18. The van der Waals surface area contributed by atoms with E-state index in [9.17, 15) is 9.59 Å². The molecule has 142 valence electrons. The van der Waals surface area contributed by atoms with Crippen LogP contribution in [0.2, 0.25) is 0 Å². The molecular weight excluding hydrogens is 352 g/mol. The van der Waals surface area contributed by atoms with Crippen molar-refractivity contribution in [3.8, 4) is 5.75 Å². The smallest absolute Gasteiger partial charge is 0.341 e. The molecule has 0 atom stereocenters. The molecule has 0 aliphatic heterocycles. The maximum Gasteiger partial charge on any atom is 0.341 e. The third-order valence-corrected chi connectivity index (χ3v) is 4.33. The Bertz CT molecular complexity index is 1020. The van der Waals surface area contributed by atoms with Crippen molar-refractivity contribution in [2.45, 2.75) is 20.5 Å². The fourth-order valence-corrected chi connectivity index (χ4v) is 2.94. The van der Waals surface area contributed by atoms with Crippen LogP contribution in [-0.2, 0) is 20.9 Å². The van der Waals surface area contributed by atoms with E-state index in [-0.39, 0.29) is 18.0 Å². The normalized spacial score (nSPS) is 11.3. The van der Waals surface area contributed by atoms with E-state index in [0.717, 1.165) is 16.3 Å². The molecule has 0 aromatic heterocycles. The van der Waals surface area contributed by atoms with Crippen LogP contribution in [0.1, 0.15) is 25.0 Å². The number of hydrogen-bond acceptors (Lipinski definition) is 4. The lowest BCUT2D eigenvalue weighted by Gasteiger charge is -2.13. The first kappa shape index (κ1) is 19.4. The van der Waals surface area contributed by atoms with Gasteiger partial charge in [-0.3, -0.25) is 4.79 Å². The minimum absolute atomic E-state index is 0.00256. The minimum atomic E-state index is -0.628. The molecule has 28 heavy (non-hydrogen) atoms. The van der Waals surface area contributed by atoms with Crippen molar-refractivity contribution in [2.75, 3.05) is 6.61 Å². The number of hydrogen-bond donors (Lipinski definition) is 0. The number of rotatable bonds is 7. The highest BCUT2D eigenvalue weighted by atomic mass is 16.5. The molecule has 3 aromatic carbocycles. The predicted octanol–water partition coefficient (Wildman–Crippen LogP) is 4.95. The molecule has 0 saturated heterocycles. The number of ether oxygens (including phenoxy) is 2. The van der Waals surface area contributed by atoms with Crippen LogP contribution in [0.4, 0.5) is 0 Å². The second-order valence-corrected chi connectivity index (χ2v) is 6.31. The first-order chi connectivity index (χ1) is 13.6. The second kappa shape index (κ2) is 9.00. The monoisotopic (exact) mass is 374 g/mol. The lowest BCUT2D eigenvalue weighted by molar-refractivity contribution is -0.139. The highest BCUT2D eigenvalue weighted by molar-refractivity contribution is 6.20. The molecule has 0 heterocycles. The average Bonchev–Trinajstić information content (AvgIpc) is 2.71. The van der Waals surface area contributed by atoms with Gasteiger partial charge in [-0.1, -0.05) is 60.7 Å². The van der Waals surface area contributed by atoms with E-state index in [4.69, 9.17) is 9.47 Å². The molecule has 0 spiro atoms. The molecule has 0 aliphatic carbocycles. The topological polar surface area (TPSA) is 52.6 Å². The van der Waals surface area contributed by atoms with Crippen molar-refractivity contribution < 1.29 is 19.1 Å². The maximum atomic E-state index is 12.3. The Morgan fingerprint density at radius 1 is 0.929 bits per heavy atom. The summed E-state index contributed by atoms with van der Waals surface area (Å²) in [6, 6.07) is 21.4. The predicted molar refractivity (Wildman–Crippen MR) is 110 cm³/mol. The van der Waals surface area contributed by atoms with Crippen molar-refractivity contribution >= 4 is 28.6 Å². The van der Waals surface area contributed by atoms with E-state index in [1.807, 2.05) is 66.7 Å². The molecular formula is C24H22O4. The van der Waals surface area contributed by atoms with E-state index >= 15 is 0 Å². The van der Waals surface area contributed by atoms with Crippen molar-refractivity contribution in [3.05, 3.63) is 83.4 Å². The Morgan fingerprint density at radius 3 is 2.36 bits per heavy atom. The van der Waals surface area contributed by atoms with Gasteiger partial charge >= 0.3 is 5.97 Å². The van der Waals surface area contributed by atoms with Gasteiger partial charge in [0.1, 0.15) is 17.9 Å². The lowest BCUT2D eigenvalue weighted by atomic mass is 10.00. The highest BCUT2D eigenvalue weighted by Crippen LogP contribution is 2.31. The Morgan fingerprint density at radius 2 is 1.64 bits per heavy atom. The number of benzene rings is 3. The average molecular weight is 374 g/mol. The van der Waals surface area contributed by atoms with Crippen LogP contribution < -0.4 is 4.74 Å². The van der Waals surface area contributed by atoms with Gasteiger partial charge in [0.15, 0.2) is 5.78 Å². The summed E-state index contributed by atoms with van der Waals surface area (Å²) in [4.78, 5) is 24.3. The fourth-order valence-electron chi connectivity index (χ4n) is 2.94. The van der Waals surface area contributed by atoms with Gasteiger partial charge in [0.25, 0.3) is 0 Å². The third-order valence-electron chi connectivity index (χ3n) is 4.33. The minimum Gasteiger partial charge on any atom is -0.488 e. The lowest BCUT2D eigenvalue weighted by Crippen LogP contribution is -2.13. The number of carbonyl (C=O) groups is 2. The molecule has 0 radical (unpaired) electrons. The molecule has 4 heteroatoms. The summed E-state index contributed by atoms with van der Waals surface area (Å²) in [5.41, 5.74) is 1.72. The van der Waals surface area contributed by atoms with Gasteiger partial charge in [-0.25, -0.2) is 4.79 Å². The van der Waals surface area contributed by atoms with Gasteiger partial charge in [-0.15, -0.1) is 0 Å². The zero-order valence-corrected chi connectivity index (χ0v) is 16.0. The van der Waals surface area contributed by atoms with E-state index in [0.29, 0.717) is 17.9 Å². The molecule has 0 fully saturated rings. The Labute approximate surface area is 164 Å². The van der Waals surface area contributed by atoms with Crippen molar-refractivity contribution in [2.24, 2.45) is 0 Å². The van der Waals surface area contributed by atoms with E-state index < -0.39 is 5.97 Å². The Balaban J connectivity index is 2.07. The summed E-state index contributed by atoms with van der Waals surface area (Å²) >= 11 is 0. The van der Waals surface area contributed by atoms with Crippen molar-refractivity contribution in [1.82, 2.24) is 0 Å². The van der Waals surface area contributed by atoms with Gasteiger partial charge in [0.05, 0.1) is 6.61 Å². The molecule has 3 aromatic rings. The zero-order chi connectivity index (χ0) is 19.9. The van der Waals surface area contributed by atoms with Crippen LogP contribution >= 0.6 is 0 Å². The largest absolute Gasteiger partial charge is 0.488 e. The number of Topliss-reactive ketones (excluding diaryl/α,β-unsaturated/α-hetero) is 1. The van der Waals surface area contributed by atoms with E-state index in [2.05, 4.69) is 0 Å². The number of ketones is 1. The summed E-state index contributed by atoms with van der Waals surface area (Å²) in [7, 11) is 0. The van der Waals surface area contributed by atoms with Crippen LogP contribution in [0.5, 0.6) is 5.75 Å². The first-order valence-electron chi connectivity index (χ1n) is 9.18. The number of carbonyl (C=O) groups excluding carboxylic acids is 2. The maximum absolute atomic E-state index is 12.3. The molecule has 0 amide bonds. The Hall–Kier alpha value is -3.40. The molecule has 0 N–H and O–H groups in total. The van der Waals surface area contributed by atoms with E-state index in [1.165, 1.54) is 6.92 Å². The second-order valence-electron chi connectivity index (χ2n) is 6.31. The van der Waals surface area contributed by atoms with Crippen LogP contribution in [-0.4, -0.2) is 18.4 Å². The fraction of sp³-hybridized carbons (Fsp3) is 0.167. The quantitative estimate of drug-likeness (QED) is 0.254. The van der Waals surface area contributed by atoms with Crippen LogP contribution in [0.25, 0.3) is 16.8 Å². The third kappa shape index (κ3) is 4.46. The molecule has 0 bridgehead atoms. The summed E-state index contributed by atoms with van der Waals surface area (Å²) in [5, 5.41) is 1.89. The van der Waals surface area contributed by atoms with Crippen LogP contribution in [0.15, 0.2) is 72.3 Å². The zero-order valence-electron chi connectivity index (χ0n) is 16.0. The van der Waals surface area contributed by atoms with Gasteiger partial charge in [-0.05, 0) is 42.3 Å². The number of fused-ring (bicyclic) bond motifs is 1. The molecule has 0 aliphatic rings. The van der Waals surface area contributed by atoms with Gasteiger partial charge in [0.2, 0.25) is 0 Å². The van der Waals surface area contributed by atoms with Crippen molar-refractivity contribution in [1.29, 1.82) is 0 Å². The van der Waals surface area contributed by atoms with Gasteiger partial charge in [-0.2, -0.15) is 0 Å². The summed E-state index contributed by atoms with van der Waals surface area (Å²) in [6.07, 6.45) is 1.57. The highest BCUT2D eigenvalue weighted by Gasteiger charge is 2.18. The molecule has 0 unspecified atom stereocenters. The van der Waals surface area contributed by atoms with Gasteiger partial charge < -0.3 is 9.47 Å². The number of esters is 1. The molecule has 3 rings (SSSR count). The summed E-state index contributed by atoms with van der Waals surface area (Å²) in [5.74, 6) is -0.372. The van der Waals surface area contributed by atoms with Crippen LogP contribution in [0.3, 0.4) is 0 Å². The van der Waals surface area contributed by atoms with Crippen molar-refractivity contribution in [3.63, 3.8) is 0 Å². The molecule has 0 saturated carbocycles. The summed E-state index contributed by atoms with van der Waals surface area (Å²) < 4.78 is 11.1. The van der Waals surface area contributed by atoms with Gasteiger partial charge in [0, 0.05) is 5.56 Å². The van der Waals surface area contributed by atoms with E-state index in [1.54, 1.807) is 13.0 Å². The molecule has 4 nitrogen and oxygen atoms in total. The van der Waals surface area contributed by atoms with Crippen LogP contribution in [0, 0.1) is 0 Å². The SMILES string of the molecule is CCOC(=O)/C(=C\c1c(OCc2ccccc2)ccc2ccccc12)C(C)=O. The Kier molecular flexibility index (Phi) is 6.22.